The average molecular weight is 353 g/mol. The smallest absolute Gasteiger partial charge is 0.338 e. The van der Waals surface area contributed by atoms with E-state index < -0.39 is 5.97 Å². The topological polar surface area (TPSA) is 55.8 Å². The highest BCUT2D eigenvalue weighted by Crippen LogP contribution is 2.22. The van der Waals surface area contributed by atoms with Gasteiger partial charge in [0.05, 0.1) is 5.56 Å². The van der Waals surface area contributed by atoms with Crippen LogP contribution in [0.25, 0.3) is 0 Å². The highest BCUT2D eigenvalue weighted by atomic mass is 16.5. The number of nitrogens with zero attached hydrogens (tertiary/aromatic N) is 1. The van der Waals surface area contributed by atoms with Gasteiger partial charge in [-0.25, -0.2) is 4.79 Å². The molecule has 1 unspecified atom stereocenters. The molecule has 1 saturated heterocycles. The van der Waals surface area contributed by atoms with Crippen molar-refractivity contribution in [3.63, 3.8) is 0 Å². The van der Waals surface area contributed by atoms with E-state index in [0.29, 0.717) is 23.0 Å². The molecule has 1 atom stereocenters. The van der Waals surface area contributed by atoms with Crippen LogP contribution in [0.2, 0.25) is 0 Å². The first-order valence-corrected chi connectivity index (χ1v) is 8.89. The first-order chi connectivity index (χ1) is 12.6. The van der Waals surface area contributed by atoms with Crippen LogP contribution < -0.4 is 4.74 Å². The number of piperidine rings is 1. The third-order valence-electron chi connectivity index (χ3n) is 4.39. The Morgan fingerprint density at radius 1 is 1.08 bits per heavy atom. The molecule has 0 spiro atoms. The molecule has 0 N–H and O–H groups in total. The van der Waals surface area contributed by atoms with E-state index in [1.165, 1.54) is 0 Å². The van der Waals surface area contributed by atoms with Crippen molar-refractivity contribution in [2.45, 2.75) is 19.8 Å². The van der Waals surface area contributed by atoms with Crippen molar-refractivity contribution in [2.75, 3.05) is 19.7 Å². The largest absolute Gasteiger partial charge is 0.457 e. The van der Waals surface area contributed by atoms with Gasteiger partial charge < -0.3 is 14.4 Å². The predicted molar refractivity (Wildman–Crippen MR) is 98.2 cm³/mol. The summed E-state index contributed by atoms with van der Waals surface area (Å²) in [6.45, 7) is 3.37. The molecule has 2 aromatic carbocycles. The second-order valence-electron chi connectivity index (χ2n) is 6.61. The standard InChI is InChI=1S/C21H23NO4/c1-16-7-6-12-22(14-16)20(23)15-25-21(24)17-8-5-11-19(13-17)26-18-9-3-2-4-10-18/h2-5,8-11,13,16H,6-7,12,14-15H2,1H3. The first kappa shape index (κ1) is 18.0. The lowest BCUT2D eigenvalue weighted by molar-refractivity contribution is -0.136. The molecule has 1 aliphatic heterocycles. The van der Waals surface area contributed by atoms with Gasteiger partial charge in [0.2, 0.25) is 0 Å². The van der Waals surface area contributed by atoms with Crippen LogP contribution in [0.4, 0.5) is 0 Å². The molecule has 0 aliphatic carbocycles. The van der Waals surface area contributed by atoms with E-state index >= 15 is 0 Å². The quantitative estimate of drug-likeness (QED) is 0.765. The van der Waals surface area contributed by atoms with E-state index in [1.807, 2.05) is 30.3 Å². The van der Waals surface area contributed by atoms with Crippen LogP contribution in [0.15, 0.2) is 54.6 Å². The van der Waals surface area contributed by atoms with Gasteiger partial charge in [-0.1, -0.05) is 31.2 Å². The van der Waals surface area contributed by atoms with Crippen LogP contribution in [-0.2, 0) is 9.53 Å². The van der Waals surface area contributed by atoms with Crippen LogP contribution >= 0.6 is 0 Å². The number of ether oxygens (including phenoxy) is 2. The van der Waals surface area contributed by atoms with E-state index in [4.69, 9.17) is 9.47 Å². The highest BCUT2D eigenvalue weighted by Gasteiger charge is 2.22. The molecule has 5 heteroatoms. The minimum absolute atomic E-state index is 0.137. The van der Waals surface area contributed by atoms with Gasteiger partial charge in [-0.05, 0) is 49.1 Å². The molecule has 2 aromatic rings. The van der Waals surface area contributed by atoms with Gasteiger partial charge in [0.1, 0.15) is 11.5 Å². The van der Waals surface area contributed by atoms with Gasteiger partial charge in [-0.2, -0.15) is 0 Å². The summed E-state index contributed by atoms with van der Waals surface area (Å²) in [6, 6.07) is 16.1. The number of carbonyl (C=O) groups excluding carboxylic acids is 2. The number of amides is 1. The molecule has 0 saturated carbocycles. The summed E-state index contributed by atoms with van der Waals surface area (Å²) in [5.41, 5.74) is 0.359. The van der Waals surface area contributed by atoms with E-state index in [1.54, 1.807) is 29.2 Å². The van der Waals surface area contributed by atoms with E-state index in [0.717, 1.165) is 25.9 Å². The van der Waals surface area contributed by atoms with Crippen LogP contribution in [0.5, 0.6) is 11.5 Å². The zero-order valence-electron chi connectivity index (χ0n) is 14.9. The Hall–Kier alpha value is -2.82. The lowest BCUT2D eigenvalue weighted by Crippen LogP contribution is -2.41. The van der Waals surface area contributed by atoms with Crippen molar-refractivity contribution in [1.82, 2.24) is 4.90 Å². The van der Waals surface area contributed by atoms with Gasteiger partial charge in [0, 0.05) is 13.1 Å². The number of rotatable bonds is 5. The van der Waals surface area contributed by atoms with Crippen molar-refractivity contribution in [3.8, 4) is 11.5 Å². The average Bonchev–Trinajstić information content (AvgIpc) is 2.67. The van der Waals surface area contributed by atoms with Crippen molar-refractivity contribution in [1.29, 1.82) is 0 Å². The zero-order chi connectivity index (χ0) is 18.4. The van der Waals surface area contributed by atoms with Gasteiger partial charge in [-0.15, -0.1) is 0 Å². The number of para-hydroxylation sites is 1. The number of hydrogen-bond acceptors (Lipinski definition) is 4. The third kappa shape index (κ3) is 4.85. The second kappa shape index (κ2) is 8.52. The maximum absolute atomic E-state index is 12.3. The number of carbonyl (C=O) groups is 2. The normalized spacial score (nSPS) is 16.8. The van der Waals surface area contributed by atoms with E-state index in [-0.39, 0.29) is 12.5 Å². The van der Waals surface area contributed by atoms with Crippen LogP contribution in [0.1, 0.15) is 30.1 Å². The summed E-state index contributed by atoms with van der Waals surface area (Å²) in [5, 5.41) is 0. The Morgan fingerprint density at radius 2 is 1.85 bits per heavy atom. The van der Waals surface area contributed by atoms with Gasteiger partial charge in [0.15, 0.2) is 6.61 Å². The first-order valence-electron chi connectivity index (χ1n) is 8.89. The number of esters is 1. The second-order valence-corrected chi connectivity index (χ2v) is 6.61. The molecule has 26 heavy (non-hydrogen) atoms. The maximum atomic E-state index is 12.3. The van der Waals surface area contributed by atoms with E-state index in [2.05, 4.69) is 6.92 Å². The maximum Gasteiger partial charge on any atom is 0.338 e. The molecule has 0 radical (unpaired) electrons. The van der Waals surface area contributed by atoms with Crippen molar-refractivity contribution in [3.05, 3.63) is 60.2 Å². The summed E-state index contributed by atoms with van der Waals surface area (Å²) in [6.07, 6.45) is 2.14. The number of benzene rings is 2. The van der Waals surface area contributed by atoms with Crippen molar-refractivity contribution < 1.29 is 19.1 Å². The van der Waals surface area contributed by atoms with Gasteiger partial charge in [0.25, 0.3) is 5.91 Å². The Balaban J connectivity index is 1.56. The predicted octanol–water partition coefficient (Wildman–Crippen LogP) is 3.89. The Kier molecular flexibility index (Phi) is 5.89. The summed E-state index contributed by atoms with van der Waals surface area (Å²) >= 11 is 0. The Morgan fingerprint density at radius 3 is 2.62 bits per heavy atom. The molecule has 0 bridgehead atoms. The minimum atomic E-state index is -0.526. The number of likely N-dealkylation sites (tertiary alicyclic amines) is 1. The summed E-state index contributed by atoms with van der Waals surface area (Å²) in [7, 11) is 0. The zero-order valence-corrected chi connectivity index (χ0v) is 14.9. The fourth-order valence-electron chi connectivity index (χ4n) is 3.03. The van der Waals surface area contributed by atoms with Crippen LogP contribution in [-0.4, -0.2) is 36.5 Å². The Bertz CT molecular complexity index is 760. The lowest BCUT2D eigenvalue weighted by Gasteiger charge is -2.30. The molecule has 3 rings (SSSR count). The van der Waals surface area contributed by atoms with Crippen LogP contribution in [0, 0.1) is 5.92 Å². The number of hydrogen-bond donors (Lipinski definition) is 0. The van der Waals surface area contributed by atoms with Gasteiger partial charge in [-0.3, -0.25) is 4.79 Å². The molecule has 1 aliphatic rings. The highest BCUT2D eigenvalue weighted by molar-refractivity contribution is 5.91. The molecule has 136 valence electrons. The molecule has 1 amide bonds. The monoisotopic (exact) mass is 353 g/mol. The van der Waals surface area contributed by atoms with E-state index in [9.17, 15) is 9.59 Å². The van der Waals surface area contributed by atoms with Crippen LogP contribution in [0.3, 0.4) is 0 Å². The summed E-state index contributed by atoms with van der Waals surface area (Å²) < 4.78 is 10.9. The van der Waals surface area contributed by atoms with Gasteiger partial charge >= 0.3 is 5.97 Å². The summed E-state index contributed by atoms with van der Waals surface area (Å²) in [5.74, 6) is 1.06. The van der Waals surface area contributed by atoms with Crippen molar-refractivity contribution in [2.24, 2.45) is 5.92 Å². The molecule has 5 nitrogen and oxygen atoms in total. The fourth-order valence-corrected chi connectivity index (χ4v) is 3.03. The third-order valence-corrected chi connectivity index (χ3v) is 4.39. The molecular weight excluding hydrogens is 330 g/mol. The molecule has 0 aromatic heterocycles. The lowest BCUT2D eigenvalue weighted by atomic mass is 10.0. The minimum Gasteiger partial charge on any atom is -0.457 e. The van der Waals surface area contributed by atoms with Crippen molar-refractivity contribution >= 4 is 11.9 Å². The summed E-state index contributed by atoms with van der Waals surface area (Å²) in [4.78, 5) is 26.2. The fraction of sp³-hybridized carbons (Fsp3) is 0.333. The Labute approximate surface area is 153 Å². The molecule has 1 heterocycles. The molecule has 1 fully saturated rings. The SMILES string of the molecule is CC1CCCN(C(=O)COC(=O)c2cccc(Oc3ccccc3)c2)C1. The molecular formula is C21H23NO4.